The lowest BCUT2D eigenvalue weighted by atomic mass is 10.3. The third kappa shape index (κ3) is 4.51. The Morgan fingerprint density at radius 3 is 2.90 bits per heavy atom. The number of carbonyl (C=O) groups excluding carboxylic acids is 2. The maximum absolute atomic E-state index is 11.8. The van der Waals surface area contributed by atoms with Gasteiger partial charge in [0.1, 0.15) is 0 Å². The Labute approximate surface area is 130 Å². The van der Waals surface area contributed by atoms with Crippen LogP contribution in [0.25, 0.3) is 6.08 Å². The van der Waals surface area contributed by atoms with E-state index < -0.39 is 0 Å². The van der Waals surface area contributed by atoms with Crippen LogP contribution in [-0.4, -0.2) is 24.0 Å². The summed E-state index contributed by atoms with van der Waals surface area (Å²) in [5.41, 5.74) is 1.72. The van der Waals surface area contributed by atoms with Gasteiger partial charge in [0.15, 0.2) is 5.13 Å². The molecule has 1 N–H and O–H groups in total. The summed E-state index contributed by atoms with van der Waals surface area (Å²) in [6.07, 6.45) is 3.35. The van der Waals surface area contributed by atoms with E-state index in [0.717, 1.165) is 10.4 Å². The first-order chi connectivity index (χ1) is 10.1. The largest absolute Gasteiger partial charge is 0.469 e. The molecule has 0 atom stereocenters. The molecular weight excluding hydrogens is 308 g/mol. The van der Waals surface area contributed by atoms with Gasteiger partial charge in [-0.1, -0.05) is 0 Å². The molecule has 2 aromatic rings. The van der Waals surface area contributed by atoms with Crippen LogP contribution in [0.3, 0.4) is 0 Å². The number of aromatic nitrogens is 1. The molecule has 110 valence electrons. The van der Waals surface area contributed by atoms with Gasteiger partial charge in [-0.3, -0.25) is 14.9 Å². The van der Waals surface area contributed by atoms with Crippen LogP contribution in [0, 0.1) is 6.92 Å². The zero-order valence-electron chi connectivity index (χ0n) is 11.6. The molecular formula is C14H14N2O3S2. The lowest BCUT2D eigenvalue weighted by Crippen LogP contribution is -2.08. The Bertz CT molecular complexity index is 673. The standard InChI is InChI=1S/C14H14N2O3S2/c1-9-5-6-20-11(9)3-4-12(17)16-14-15-10(8-21-14)7-13(18)19-2/h3-6,8H,7H2,1-2H3,(H,15,16,17)/b4-3+. The number of hydrogen-bond acceptors (Lipinski definition) is 6. The van der Waals surface area contributed by atoms with Crippen molar-refractivity contribution in [3.63, 3.8) is 0 Å². The summed E-state index contributed by atoms with van der Waals surface area (Å²) in [6, 6.07) is 2.00. The van der Waals surface area contributed by atoms with Crippen LogP contribution >= 0.6 is 22.7 Å². The molecule has 0 radical (unpaired) electrons. The van der Waals surface area contributed by atoms with Crippen molar-refractivity contribution in [2.75, 3.05) is 12.4 Å². The molecule has 21 heavy (non-hydrogen) atoms. The van der Waals surface area contributed by atoms with E-state index in [1.54, 1.807) is 22.8 Å². The molecule has 0 saturated heterocycles. The molecule has 0 aliphatic rings. The fraction of sp³-hybridized carbons (Fsp3) is 0.214. The number of thiazole rings is 1. The van der Waals surface area contributed by atoms with Crippen LogP contribution in [0.15, 0.2) is 22.9 Å². The fourth-order valence-corrected chi connectivity index (χ4v) is 3.05. The highest BCUT2D eigenvalue weighted by Crippen LogP contribution is 2.18. The Balaban J connectivity index is 1.92. The molecule has 7 heteroatoms. The number of methoxy groups -OCH3 is 1. The predicted molar refractivity (Wildman–Crippen MR) is 84.6 cm³/mol. The van der Waals surface area contributed by atoms with Crippen LogP contribution in [0.1, 0.15) is 16.1 Å². The molecule has 0 fully saturated rings. The zero-order valence-corrected chi connectivity index (χ0v) is 13.2. The van der Waals surface area contributed by atoms with E-state index in [1.807, 2.05) is 18.4 Å². The number of rotatable bonds is 5. The first-order valence-corrected chi connectivity index (χ1v) is 7.89. The fourth-order valence-electron chi connectivity index (χ4n) is 1.52. The SMILES string of the molecule is COC(=O)Cc1csc(NC(=O)/C=C/c2sccc2C)n1. The monoisotopic (exact) mass is 322 g/mol. The number of anilines is 1. The van der Waals surface area contributed by atoms with E-state index in [1.165, 1.54) is 24.5 Å². The summed E-state index contributed by atoms with van der Waals surface area (Å²) in [6.45, 7) is 1.99. The second-order valence-electron chi connectivity index (χ2n) is 4.19. The molecule has 0 aromatic carbocycles. The summed E-state index contributed by atoms with van der Waals surface area (Å²) in [4.78, 5) is 28.1. The molecule has 0 aliphatic carbocycles. The normalized spacial score (nSPS) is 10.8. The van der Waals surface area contributed by atoms with Crippen LogP contribution in [0.4, 0.5) is 5.13 Å². The van der Waals surface area contributed by atoms with Crippen molar-refractivity contribution in [3.8, 4) is 0 Å². The van der Waals surface area contributed by atoms with Gasteiger partial charge in [0.25, 0.3) is 0 Å². The summed E-state index contributed by atoms with van der Waals surface area (Å²) < 4.78 is 4.56. The number of amides is 1. The average molecular weight is 322 g/mol. The highest BCUT2D eigenvalue weighted by Gasteiger charge is 2.08. The maximum atomic E-state index is 11.8. The van der Waals surface area contributed by atoms with Crippen LogP contribution < -0.4 is 5.32 Å². The lowest BCUT2D eigenvalue weighted by molar-refractivity contribution is -0.139. The van der Waals surface area contributed by atoms with Crippen molar-refractivity contribution in [2.45, 2.75) is 13.3 Å². The number of aryl methyl sites for hydroxylation is 1. The Morgan fingerprint density at radius 2 is 2.24 bits per heavy atom. The minimum atomic E-state index is -0.355. The average Bonchev–Trinajstić information content (AvgIpc) is 3.05. The van der Waals surface area contributed by atoms with Gasteiger partial charge in [0.05, 0.1) is 19.2 Å². The van der Waals surface area contributed by atoms with E-state index >= 15 is 0 Å². The molecule has 0 aliphatic heterocycles. The third-order valence-corrected chi connectivity index (χ3v) is 4.41. The number of carbonyl (C=O) groups is 2. The van der Waals surface area contributed by atoms with Gasteiger partial charge in [0, 0.05) is 16.3 Å². The number of nitrogens with zero attached hydrogens (tertiary/aromatic N) is 1. The first-order valence-electron chi connectivity index (χ1n) is 6.13. The summed E-state index contributed by atoms with van der Waals surface area (Å²) >= 11 is 2.85. The van der Waals surface area contributed by atoms with E-state index in [0.29, 0.717) is 10.8 Å². The molecule has 5 nitrogen and oxygen atoms in total. The van der Waals surface area contributed by atoms with Gasteiger partial charge in [-0.05, 0) is 30.0 Å². The second kappa shape index (κ2) is 7.14. The van der Waals surface area contributed by atoms with Crippen molar-refractivity contribution in [1.29, 1.82) is 0 Å². The molecule has 0 saturated carbocycles. The molecule has 0 spiro atoms. The van der Waals surface area contributed by atoms with E-state index in [-0.39, 0.29) is 18.3 Å². The van der Waals surface area contributed by atoms with Crippen LogP contribution in [0.2, 0.25) is 0 Å². The van der Waals surface area contributed by atoms with Gasteiger partial charge in [-0.2, -0.15) is 0 Å². The number of hydrogen-bond donors (Lipinski definition) is 1. The van der Waals surface area contributed by atoms with Crippen molar-refractivity contribution < 1.29 is 14.3 Å². The van der Waals surface area contributed by atoms with Crippen molar-refractivity contribution >= 4 is 45.8 Å². The van der Waals surface area contributed by atoms with Gasteiger partial charge in [-0.25, -0.2) is 4.98 Å². The van der Waals surface area contributed by atoms with E-state index in [2.05, 4.69) is 15.0 Å². The van der Waals surface area contributed by atoms with Gasteiger partial charge in [-0.15, -0.1) is 22.7 Å². The quantitative estimate of drug-likeness (QED) is 0.679. The smallest absolute Gasteiger partial charge is 0.311 e. The third-order valence-electron chi connectivity index (χ3n) is 2.62. The second-order valence-corrected chi connectivity index (χ2v) is 5.99. The van der Waals surface area contributed by atoms with Crippen molar-refractivity contribution in [2.24, 2.45) is 0 Å². The van der Waals surface area contributed by atoms with Crippen molar-refractivity contribution in [3.05, 3.63) is 39.0 Å². The molecule has 2 heterocycles. The van der Waals surface area contributed by atoms with Crippen LogP contribution in [-0.2, 0) is 20.7 Å². The molecule has 2 rings (SSSR count). The summed E-state index contributed by atoms with van der Waals surface area (Å²) in [5.74, 6) is -0.604. The van der Waals surface area contributed by atoms with Crippen LogP contribution in [0.5, 0.6) is 0 Å². The number of thiophene rings is 1. The number of esters is 1. The van der Waals surface area contributed by atoms with Gasteiger partial charge < -0.3 is 4.74 Å². The number of ether oxygens (including phenoxy) is 1. The molecule has 0 unspecified atom stereocenters. The highest BCUT2D eigenvalue weighted by molar-refractivity contribution is 7.14. The van der Waals surface area contributed by atoms with E-state index in [9.17, 15) is 9.59 Å². The molecule has 2 aromatic heterocycles. The van der Waals surface area contributed by atoms with Crippen molar-refractivity contribution in [1.82, 2.24) is 4.98 Å². The Hall–Kier alpha value is -1.99. The Morgan fingerprint density at radius 1 is 1.43 bits per heavy atom. The predicted octanol–water partition coefficient (Wildman–Crippen LogP) is 2.88. The maximum Gasteiger partial charge on any atom is 0.311 e. The molecule has 0 bridgehead atoms. The van der Waals surface area contributed by atoms with E-state index in [4.69, 9.17) is 0 Å². The lowest BCUT2D eigenvalue weighted by Gasteiger charge is -1.96. The summed E-state index contributed by atoms with van der Waals surface area (Å²) in [5, 5.41) is 6.83. The first kappa shape index (κ1) is 15.4. The highest BCUT2D eigenvalue weighted by atomic mass is 32.1. The summed E-state index contributed by atoms with van der Waals surface area (Å²) in [7, 11) is 1.33. The zero-order chi connectivity index (χ0) is 15.2. The minimum absolute atomic E-state index is 0.104. The van der Waals surface area contributed by atoms with Gasteiger partial charge in [0.2, 0.25) is 5.91 Å². The minimum Gasteiger partial charge on any atom is -0.469 e. The topological polar surface area (TPSA) is 68.3 Å². The van der Waals surface area contributed by atoms with Gasteiger partial charge >= 0.3 is 5.97 Å². The number of nitrogens with one attached hydrogen (secondary N) is 1. The molecule has 1 amide bonds. The Kier molecular flexibility index (Phi) is 5.24.